The van der Waals surface area contributed by atoms with Crippen LogP contribution in [0.2, 0.25) is 0 Å². The summed E-state index contributed by atoms with van der Waals surface area (Å²) in [7, 11) is 2.13. The van der Waals surface area contributed by atoms with Crippen LogP contribution in [0.25, 0.3) is 0 Å². The van der Waals surface area contributed by atoms with Crippen LogP contribution >= 0.6 is 0 Å². The highest BCUT2D eigenvalue weighted by molar-refractivity contribution is 5.84. The van der Waals surface area contributed by atoms with Crippen molar-refractivity contribution >= 4 is 5.71 Å². The molecular weight excluding hydrogens is 176 g/mol. The minimum absolute atomic E-state index is 0.611. The van der Waals surface area contributed by atoms with E-state index >= 15 is 0 Å². The number of hydrogen-bond acceptors (Lipinski definition) is 3. The minimum Gasteiger partial charge on any atom is -0.395 e. The van der Waals surface area contributed by atoms with Crippen LogP contribution in [0.5, 0.6) is 0 Å². The van der Waals surface area contributed by atoms with Crippen LogP contribution in [0.4, 0.5) is 0 Å². The van der Waals surface area contributed by atoms with Gasteiger partial charge in [-0.25, -0.2) is 0 Å². The molecule has 0 aromatic rings. The molecule has 1 fully saturated rings. The molecule has 14 heavy (non-hydrogen) atoms. The number of nitrogens with zero attached hydrogens (tertiary/aromatic N) is 2. The summed E-state index contributed by atoms with van der Waals surface area (Å²) < 4.78 is 0. The van der Waals surface area contributed by atoms with Crippen LogP contribution in [0.1, 0.15) is 26.2 Å². The first kappa shape index (κ1) is 11.1. The van der Waals surface area contributed by atoms with E-state index in [9.17, 15) is 0 Å². The third-order valence-corrected chi connectivity index (χ3v) is 2.25. The van der Waals surface area contributed by atoms with Gasteiger partial charge in [-0.3, -0.25) is 0 Å². The van der Waals surface area contributed by atoms with Gasteiger partial charge >= 0.3 is 0 Å². The lowest BCUT2D eigenvalue weighted by Gasteiger charge is -2.22. The van der Waals surface area contributed by atoms with E-state index in [1.54, 1.807) is 0 Å². The van der Waals surface area contributed by atoms with Crippen molar-refractivity contribution in [2.24, 2.45) is 5.16 Å². The van der Waals surface area contributed by atoms with E-state index in [2.05, 4.69) is 28.9 Å². The fraction of sp³-hybridized carbons (Fsp3) is 0.727. The number of rotatable bonds is 3. The summed E-state index contributed by atoms with van der Waals surface area (Å²) in [6.07, 6.45) is 2.85. The van der Waals surface area contributed by atoms with E-state index < -0.39 is 0 Å². The lowest BCUT2D eigenvalue weighted by atomic mass is 10.1. The van der Waals surface area contributed by atoms with Crippen molar-refractivity contribution < 1.29 is 4.84 Å². The zero-order valence-corrected chi connectivity index (χ0v) is 9.05. The second-order valence-corrected chi connectivity index (χ2v) is 3.47. The lowest BCUT2D eigenvalue weighted by Crippen LogP contribution is -2.30. The van der Waals surface area contributed by atoms with Crippen LogP contribution in [-0.4, -0.2) is 37.4 Å². The second-order valence-electron chi connectivity index (χ2n) is 3.47. The highest BCUT2D eigenvalue weighted by Crippen LogP contribution is 2.05. The Kier molecular flexibility index (Phi) is 5.09. The largest absolute Gasteiger partial charge is 0.395 e. The van der Waals surface area contributed by atoms with Gasteiger partial charge in [-0.05, 0) is 14.0 Å². The van der Waals surface area contributed by atoms with Crippen LogP contribution < -0.4 is 0 Å². The first-order chi connectivity index (χ1) is 6.83. The van der Waals surface area contributed by atoms with Gasteiger partial charge in [0.05, 0.1) is 5.71 Å². The molecule has 0 aliphatic carbocycles. The van der Waals surface area contributed by atoms with Crippen molar-refractivity contribution in [1.29, 1.82) is 0 Å². The molecule has 1 saturated heterocycles. The maximum Gasteiger partial charge on any atom is 0.128 e. The Bertz CT molecular complexity index is 240. The summed E-state index contributed by atoms with van der Waals surface area (Å²) in [6, 6.07) is 0. The standard InChI is InChI=1S/C11H18N2O/c1-3-4-5-10-14-12-11-6-8-13(2)9-7-11/h5-10H2,1-2H3. The predicted octanol–water partition coefficient (Wildman–Crippen LogP) is 1.50. The smallest absolute Gasteiger partial charge is 0.128 e. The van der Waals surface area contributed by atoms with Crippen molar-refractivity contribution in [2.45, 2.75) is 26.2 Å². The second kappa shape index (κ2) is 6.44. The molecule has 1 aliphatic rings. The average molecular weight is 194 g/mol. The Balaban J connectivity index is 2.13. The van der Waals surface area contributed by atoms with Crippen LogP contribution in [-0.2, 0) is 4.84 Å². The molecular formula is C11H18N2O. The first-order valence-electron chi connectivity index (χ1n) is 5.09. The fourth-order valence-corrected chi connectivity index (χ4v) is 1.33. The Hall–Kier alpha value is -1.01. The molecule has 0 amide bonds. The zero-order chi connectivity index (χ0) is 10.2. The molecule has 0 atom stereocenters. The van der Waals surface area contributed by atoms with Gasteiger partial charge in [-0.1, -0.05) is 11.1 Å². The van der Waals surface area contributed by atoms with Gasteiger partial charge < -0.3 is 9.74 Å². The quantitative estimate of drug-likeness (QED) is 0.386. The van der Waals surface area contributed by atoms with Gasteiger partial charge in [-0.2, -0.15) is 0 Å². The normalized spacial score (nSPS) is 17.1. The molecule has 0 saturated carbocycles. The van der Waals surface area contributed by atoms with E-state index in [4.69, 9.17) is 4.84 Å². The zero-order valence-electron chi connectivity index (χ0n) is 9.05. The van der Waals surface area contributed by atoms with E-state index in [1.165, 1.54) is 5.71 Å². The topological polar surface area (TPSA) is 24.8 Å². The average Bonchev–Trinajstić information content (AvgIpc) is 2.21. The number of piperidine rings is 1. The van der Waals surface area contributed by atoms with Gasteiger partial charge in [0.2, 0.25) is 0 Å². The van der Waals surface area contributed by atoms with Crippen LogP contribution in [0.15, 0.2) is 5.16 Å². The molecule has 3 nitrogen and oxygen atoms in total. The fourth-order valence-electron chi connectivity index (χ4n) is 1.33. The summed E-state index contributed by atoms with van der Waals surface area (Å²) in [5, 5.41) is 4.11. The highest BCUT2D eigenvalue weighted by Gasteiger charge is 2.11. The Morgan fingerprint density at radius 2 is 2.14 bits per heavy atom. The molecule has 3 heteroatoms. The minimum atomic E-state index is 0.611. The SMILES string of the molecule is CC#CCCON=C1CCN(C)CC1. The summed E-state index contributed by atoms with van der Waals surface area (Å²) in [4.78, 5) is 7.48. The first-order valence-corrected chi connectivity index (χ1v) is 5.09. The third kappa shape index (κ3) is 4.29. The highest BCUT2D eigenvalue weighted by atomic mass is 16.6. The van der Waals surface area contributed by atoms with Crippen molar-refractivity contribution in [3.8, 4) is 11.8 Å². The molecule has 1 heterocycles. The van der Waals surface area contributed by atoms with Crippen molar-refractivity contribution in [1.82, 2.24) is 4.90 Å². The maximum absolute atomic E-state index is 5.18. The van der Waals surface area contributed by atoms with Gasteiger partial charge in [0.15, 0.2) is 0 Å². The van der Waals surface area contributed by atoms with Crippen molar-refractivity contribution in [3.05, 3.63) is 0 Å². The Morgan fingerprint density at radius 3 is 2.79 bits per heavy atom. The molecule has 0 spiro atoms. The number of hydrogen-bond donors (Lipinski definition) is 0. The molecule has 0 aromatic carbocycles. The lowest BCUT2D eigenvalue weighted by molar-refractivity contribution is 0.147. The summed E-state index contributed by atoms with van der Waals surface area (Å²) in [6.45, 7) is 4.64. The maximum atomic E-state index is 5.18. The molecule has 1 aliphatic heterocycles. The van der Waals surface area contributed by atoms with Gasteiger partial charge in [-0.15, -0.1) is 5.92 Å². The van der Waals surface area contributed by atoms with E-state index in [1.807, 2.05) is 6.92 Å². The molecule has 78 valence electrons. The molecule has 0 unspecified atom stereocenters. The van der Waals surface area contributed by atoms with E-state index in [-0.39, 0.29) is 0 Å². The number of oxime groups is 1. The van der Waals surface area contributed by atoms with E-state index in [0.717, 1.165) is 32.4 Å². The Labute approximate surface area is 86.1 Å². The van der Waals surface area contributed by atoms with Crippen LogP contribution in [0, 0.1) is 11.8 Å². The number of likely N-dealkylation sites (tertiary alicyclic amines) is 1. The molecule has 0 aromatic heterocycles. The third-order valence-electron chi connectivity index (χ3n) is 2.25. The predicted molar refractivity (Wildman–Crippen MR) is 58.2 cm³/mol. The van der Waals surface area contributed by atoms with Gasteiger partial charge in [0.25, 0.3) is 0 Å². The molecule has 0 radical (unpaired) electrons. The van der Waals surface area contributed by atoms with Gasteiger partial charge in [0, 0.05) is 32.4 Å². The molecule has 0 bridgehead atoms. The van der Waals surface area contributed by atoms with Gasteiger partial charge in [0.1, 0.15) is 6.61 Å². The summed E-state index contributed by atoms with van der Waals surface area (Å²) in [5.41, 5.74) is 1.19. The molecule has 1 rings (SSSR count). The summed E-state index contributed by atoms with van der Waals surface area (Å²) >= 11 is 0. The van der Waals surface area contributed by atoms with Crippen molar-refractivity contribution in [3.63, 3.8) is 0 Å². The monoisotopic (exact) mass is 194 g/mol. The van der Waals surface area contributed by atoms with Crippen LogP contribution in [0.3, 0.4) is 0 Å². The van der Waals surface area contributed by atoms with E-state index in [0.29, 0.717) is 6.61 Å². The Morgan fingerprint density at radius 1 is 1.43 bits per heavy atom. The molecule has 0 N–H and O–H groups in total. The van der Waals surface area contributed by atoms with Crippen molar-refractivity contribution in [2.75, 3.05) is 26.7 Å². The summed E-state index contributed by atoms with van der Waals surface area (Å²) in [5.74, 6) is 5.77.